The van der Waals surface area contributed by atoms with Crippen LogP contribution >= 0.6 is 15.9 Å². The first-order valence-electron chi connectivity index (χ1n) is 7.60. The molecule has 2 aromatic heterocycles. The predicted molar refractivity (Wildman–Crippen MR) is 93.7 cm³/mol. The Bertz CT molecular complexity index is 1030. The molecule has 0 saturated carbocycles. The molecule has 0 spiro atoms. The Kier molecular flexibility index (Phi) is 2.73. The number of hydrogen-bond acceptors (Lipinski definition) is 2. The molecule has 0 unspecified atom stereocenters. The Balaban J connectivity index is 1.72. The van der Waals surface area contributed by atoms with Gasteiger partial charge in [-0.1, -0.05) is 40.2 Å². The van der Waals surface area contributed by atoms with Crippen LogP contribution in [0.4, 0.5) is 0 Å². The summed E-state index contributed by atoms with van der Waals surface area (Å²) in [5.41, 5.74) is 4.31. The fourth-order valence-electron chi connectivity index (χ4n) is 3.22. The lowest BCUT2D eigenvalue weighted by Gasteiger charge is -2.16. The van der Waals surface area contributed by atoms with Crippen LogP contribution in [-0.4, -0.2) is 19.3 Å². The van der Waals surface area contributed by atoms with Crippen molar-refractivity contribution in [3.63, 3.8) is 0 Å². The SMILES string of the molecule is Brc1ccc(-c2cc3n(n2)CCc2nc4ccccc4n2-3)cc1. The molecular weight excluding hydrogens is 352 g/mol. The van der Waals surface area contributed by atoms with Crippen LogP contribution < -0.4 is 0 Å². The van der Waals surface area contributed by atoms with E-state index < -0.39 is 0 Å². The molecule has 1 aliphatic heterocycles. The van der Waals surface area contributed by atoms with Crippen LogP contribution in [-0.2, 0) is 13.0 Å². The number of benzene rings is 2. The Morgan fingerprint density at radius 1 is 1.00 bits per heavy atom. The van der Waals surface area contributed by atoms with Crippen molar-refractivity contribution < 1.29 is 0 Å². The van der Waals surface area contributed by atoms with Gasteiger partial charge in [-0.2, -0.15) is 5.10 Å². The lowest BCUT2D eigenvalue weighted by molar-refractivity contribution is 0.549. The molecule has 4 aromatic rings. The van der Waals surface area contributed by atoms with Crippen molar-refractivity contribution in [2.24, 2.45) is 0 Å². The third-order valence-corrected chi connectivity index (χ3v) is 4.83. The Labute approximate surface area is 141 Å². The summed E-state index contributed by atoms with van der Waals surface area (Å²) in [4.78, 5) is 4.76. The van der Waals surface area contributed by atoms with Gasteiger partial charge in [0, 0.05) is 22.5 Å². The molecule has 5 heteroatoms. The molecule has 0 N–H and O–H groups in total. The molecule has 0 radical (unpaired) electrons. The van der Waals surface area contributed by atoms with E-state index in [1.807, 2.05) is 18.2 Å². The van der Waals surface area contributed by atoms with Crippen LogP contribution in [0, 0.1) is 0 Å². The molecule has 0 saturated heterocycles. The molecular formula is C18H13BrN4. The number of aryl methyl sites for hydroxylation is 2. The van der Waals surface area contributed by atoms with Crippen LogP contribution in [0.15, 0.2) is 59.1 Å². The number of halogens is 1. The van der Waals surface area contributed by atoms with Gasteiger partial charge in [0.1, 0.15) is 11.6 Å². The van der Waals surface area contributed by atoms with Crippen molar-refractivity contribution in [3.8, 4) is 17.1 Å². The van der Waals surface area contributed by atoms with Crippen molar-refractivity contribution in [1.29, 1.82) is 0 Å². The van der Waals surface area contributed by atoms with Gasteiger partial charge in [0.25, 0.3) is 0 Å². The molecule has 3 heterocycles. The number of para-hydroxylation sites is 2. The number of nitrogens with zero attached hydrogens (tertiary/aromatic N) is 4. The van der Waals surface area contributed by atoms with E-state index in [1.54, 1.807) is 0 Å². The molecule has 5 rings (SSSR count). The second kappa shape index (κ2) is 4.80. The summed E-state index contributed by atoms with van der Waals surface area (Å²) in [5.74, 6) is 2.21. The summed E-state index contributed by atoms with van der Waals surface area (Å²) in [6, 6.07) is 18.7. The topological polar surface area (TPSA) is 35.6 Å². The molecule has 1 aliphatic rings. The van der Waals surface area contributed by atoms with Gasteiger partial charge in [-0.25, -0.2) is 9.67 Å². The highest BCUT2D eigenvalue weighted by Crippen LogP contribution is 2.29. The van der Waals surface area contributed by atoms with E-state index in [9.17, 15) is 0 Å². The molecule has 4 nitrogen and oxygen atoms in total. The second-order valence-electron chi connectivity index (χ2n) is 5.72. The molecule has 2 aromatic carbocycles. The molecule has 0 aliphatic carbocycles. The summed E-state index contributed by atoms with van der Waals surface area (Å²) >= 11 is 3.48. The highest BCUT2D eigenvalue weighted by atomic mass is 79.9. The second-order valence-corrected chi connectivity index (χ2v) is 6.64. The van der Waals surface area contributed by atoms with Gasteiger partial charge in [-0.3, -0.25) is 4.57 Å². The van der Waals surface area contributed by atoms with E-state index in [-0.39, 0.29) is 0 Å². The standard InChI is InChI=1S/C18H13BrN4/c19-13-7-5-12(6-8-13)15-11-18-22(21-15)10-9-17-20-14-3-1-2-4-16(14)23(17)18/h1-8,11H,9-10H2. The molecule has 112 valence electrons. The summed E-state index contributed by atoms with van der Waals surface area (Å²) in [7, 11) is 0. The van der Waals surface area contributed by atoms with Crippen LogP contribution in [0.2, 0.25) is 0 Å². The maximum absolute atomic E-state index is 4.79. The molecule has 0 atom stereocenters. The molecule has 0 amide bonds. The van der Waals surface area contributed by atoms with Gasteiger partial charge >= 0.3 is 0 Å². The zero-order valence-electron chi connectivity index (χ0n) is 12.3. The third kappa shape index (κ3) is 1.96. The van der Waals surface area contributed by atoms with Crippen LogP contribution in [0.25, 0.3) is 28.1 Å². The predicted octanol–water partition coefficient (Wildman–Crippen LogP) is 4.21. The largest absolute Gasteiger partial charge is 0.280 e. The molecule has 23 heavy (non-hydrogen) atoms. The average Bonchev–Trinajstić information content (AvgIpc) is 3.16. The zero-order chi connectivity index (χ0) is 15.4. The number of imidazole rings is 1. The monoisotopic (exact) mass is 364 g/mol. The fraction of sp³-hybridized carbons (Fsp3) is 0.111. The van der Waals surface area contributed by atoms with Gasteiger partial charge in [-0.05, 0) is 24.3 Å². The highest BCUT2D eigenvalue weighted by Gasteiger charge is 2.22. The van der Waals surface area contributed by atoms with Gasteiger partial charge in [0.15, 0.2) is 0 Å². The first kappa shape index (κ1) is 13.1. The normalized spacial score (nSPS) is 13.1. The van der Waals surface area contributed by atoms with E-state index in [0.717, 1.165) is 51.4 Å². The zero-order valence-corrected chi connectivity index (χ0v) is 13.9. The molecule has 0 fully saturated rings. The summed E-state index contributed by atoms with van der Waals surface area (Å²) < 4.78 is 5.39. The van der Waals surface area contributed by atoms with Crippen LogP contribution in [0.5, 0.6) is 0 Å². The fourth-order valence-corrected chi connectivity index (χ4v) is 3.48. The van der Waals surface area contributed by atoms with Gasteiger partial charge in [0.05, 0.1) is 23.3 Å². The molecule has 0 bridgehead atoms. The first-order valence-corrected chi connectivity index (χ1v) is 8.39. The van der Waals surface area contributed by atoms with Crippen molar-refractivity contribution in [2.45, 2.75) is 13.0 Å². The summed E-state index contributed by atoms with van der Waals surface area (Å²) in [6.07, 6.45) is 0.906. The number of rotatable bonds is 1. The van der Waals surface area contributed by atoms with E-state index in [1.165, 1.54) is 0 Å². The van der Waals surface area contributed by atoms with Crippen molar-refractivity contribution in [2.75, 3.05) is 0 Å². The van der Waals surface area contributed by atoms with Crippen molar-refractivity contribution >= 4 is 27.0 Å². The lowest BCUT2D eigenvalue weighted by Crippen LogP contribution is -2.18. The maximum Gasteiger partial charge on any atom is 0.137 e. The van der Waals surface area contributed by atoms with Crippen molar-refractivity contribution in [3.05, 3.63) is 64.9 Å². The Morgan fingerprint density at radius 2 is 1.83 bits per heavy atom. The highest BCUT2D eigenvalue weighted by molar-refractivity contribution is 9.10. The van der Waals surface area contributed by atoms with E-state index >= 15 is 0 Å². The number of fused-ring (bicyclic) bond motifs is 5. The van der Waals surface area contributed by atoms with Gasteiger partial charge in [-0.15, -0.1) is 0 Å². The van der Waals surface area contributed by atoms with Crippen LogP contribution in [0.1, 0.15) is 5.82 Å². The van der Waals surface area contributed by atoms with E-state index in [4.69, 9.17) is 10.1 Å². The minimum Gasteiger partial charge on any atom is -0.280 e. The Hall–Kier alpha value is -2.40. The first-order chi connectivity index (χ1) is 11.3. The summed E-state index contributed by atoms with van der Waals surface area (Å²) in [5, 5.41) is 4.79. The van der Waals surface area contributed by atoms with Crippen LogP contribution in [0.3, 0.4) is 0 Å². The third-order valence-electron chi connectivity index (χ3n) is 4.31. The smallest absolute Gasteiger partial charge is 0.137 e. The van der Waals surface area contributed by atoms with E-state index in [0.29, 0.717) is 0 Å². The number of aromatic nitrogens is 4. The van der Waals surface area contributed by atoms with Gasteiger partial charge < -0.3 is 0 Å². The lowest BCUT2D eigenvalue weighted by atomic mass is 10.1. The number of hydrogen-bond donors (Lipinski definition) is 0. The quantitative estimate of drug-likeness (QED) is 0.507. The maximum atomic E-state index is 4.79. The van der Waals surface area contributed by atoms with Crippen molar-refractivity contribution in [1.82, 2.24) is 19.3 Å². The van der Waals surface area contributed by atoms with Gasteiger partial charge in [0.2, 0.25) is 0 Å². The average molecular weight is 365 g/mol. The minimum atomic E-state index is 0.870. The Morgan fingerprint density at radius 3 is 2.70 bits per heavy atom. The summed E-state index contributed by atoms with van der Waals surface area (Å²) in [6.45, 7) is 0.870. The van der Waals surface area contributed by atoms with E-state index in [2.05, 4.69) is 61.6 Å². The minimum absolute atomic E-state index is 0.870.